The molecule has 1 aromatic carbocycles. The quantitative estimate of drug-likeness (QED) is 0.657. The van der Waals surface area contributed by atoms with Crippen LogP contribution in [-0.4, -0.2) is 110 Å². The third-order valence-corrected chi connectivity index (χ3v) is 5.77. The number of benzene rings is 1. The summed E-state index contributed by atoms with van der Waals surface area (Å²) in [6, 6.07) is 9.10. The van der Waals surface area contributed by atoms with E-state index in [1.165, 1.54) is 4.90 Å². The number of imide groups is 1. The molecule has 0 radical (unpaired) electrons. The molecule has 30 heavy (non-hydrogen) atoms. The third-order valence-electron chi connectivity index (χ3n) is 5.77. The largest absolute Gasteiger partial charge is 0.383 e. The molecular formula is C20H28N6O4. The molecule has 3 unspecified atom stereocenters. The summed E-state index contributed by atoms with van der Waals surface area (Å²) in [6.07, 6.45) is -0.728. The smallest absolute Gasteiger partial charge is 0.327 e. The third kappa shape index (κ3) is 3.56. The summed E-state index contributed by atoms with van der Waals surface area (Å²) in [5.74, 6) is -0.212. The molecule has 3 aliphatic heterocycles. The summed E-state index contributed by atoms with van der Waals surface area (Å²) >= 11 is 0. The van der Waals surface area contributed by atoms with E-state index in [-0.39, 0.29) is 24.8 Å². The van der Waals surface area contributed by atoms with Crippen molar-refractivity contribution in [2.45, 2.75) is 18.5 Å². The van der Waals surface area contributed by atoms with E-state index in [1.54, 1.807) is 26.2 Å². The lowest BCUT2D eigenvalue weighted by atomic mass is 10.1. The number of carbonyl (C=O) groups excluding carboxylic acids is 2. The van der Waals surface area contributed by atoms with E-state index in [4.69, 9.17) is 14.6 Å². The molecule has 4 rings (SSSR count). The van der Waals surface area contributed by atoms with Crippen molar-refractivity contribution in [3.05, 3.63) is 35.9 Å². The van der Waals surface area contributed by atoms with E-state index in [0.29, 0.717) is 26.3 Å². The normalized spacial score (nSPS) is 26.7. The van der Waals surface area contributed by atoms with Gasteiger partial charge in [0.15, 0.2) is 6.29 Å². The average Bonchev–Trinajstić information content (AvgIpc) is 3.16. The molecular weight excluding hydrogens is 388 g/mol. The van der Waals surface area contributed by atoms with Crippen LogP contribution >= 0.6 is 0 Å². The van der Waals surface area contributed by atoms with Crippen LogP contribution in [0.1, 0.15) is 5.56 Å². The van der Waals surface area contributed by atoms with Gasteiger partial charge in [0.1, 0.15) is 12.2 Å². The molecule has 10 heteroatoms. The first kappa shape index (κ1) is 20.7. The fourth-order valence-electron chi connectivity index (χ4n) is 4.22. The fourth-order valence-corrected chi connectivity index (χ4v) is 4.22. The Hall–Kier alpha value is -2.53. The zero-order valence-electron chi connectivity index (χ0n) is 17.5. The molecule has 0 saturated carbocycles. The Bertz CT molecular complexity index is 819. The summed E-state index contributed by atoms with van der Waals surface area (Å²) < 4.78 is 10.4. The van der Waals surface area contributed by atoms with Gasteiger partial charge in [-0.3, -0.25) is 20.0 Å². The number of ether oxygens (including phenoxy) is 2. The SMILES string of the molecule is COCCN1C(=O)C2C(NC3N(CCOC)N=C(c4ccccc4)CN23)N(C)C1=O. The highest BCUT2D eigenvalue weighted by Crippen LogP contribution is 2.30. The molecule has 0 aliphatic carbocycles. The van der Waals surface area contributed by atoms with Crippen LogP contribution in [0, 0.1) is 0 Å². The number of urea groups is 1. The fraction of sp³-hybridized carbons (Fsp3) is 0.550. The van der Waals surface area contributed by atoms with Crippen LogP contribution in [0.2, 0.25) is 0 Å². The van der Waals surface area contributed by atoms with Crippen molar-refractivity contribution < 1.29 is 19.1 Å². The van der Waals surface area contributed by atoms with Crippen LogP contribution in [-0.2, 0) is 14.3 Å². The summed E-state index contributed by atoms with van der Waals surface area (Å²) in [5.41, 5.74) is 1.88. The molecule has 3 amide bonds. The second-order valence-electron chi connectivity index (χ2n) is 7.55. The first-order valence-electron chi connectivity index (χ1n) is 10.0. The number of amides is 3. The number of carbonyl (C=O) groups is 2. The van der Waals surface area contributed by atoms with E-state index >= 15 is 0 Å². The number of nitrogens with one attached hydrogen (secondary N) is 1. The van der Waals surface area contributed by atoms with Gasteiger partial charge >= 0.3 is 6.03 Å². The monoisotopic (exact) mass is 416 g/mol. The topological polar surface area (TPSA) is 89.9 Å². The molecule has 0 aromatic heterocycles. The lowest BCUT2D eigenvalue weighted by Crippen LogP contribution is -2.66. The highest BCUT2D eigenvalue weighted by atomic mass is 16.5. The van der Waals surface area contributed by atoms with Gasteiger partial charge in [-0.05, 0) is 5.56 Å². The molecule has 3 aliphatic rings. The maximum absolute atomic E-state index is 13.3. The van der Waals surface area contributed by atoms with Gasteiger partial charge in [0, 0.05) is 27.8 Å². The van der Waals surface area contributed by atoms with Gasteiger partial charge in [-0.1, -0.05) is 30.3 Å². The van der Waals surface area contributed by atoms with Gasteiger partial charge in [0.2, 0.25) is 0 Å². The van der Waals surface area contributed by atoms with E-state index in [9.17, 15) is 9.59 Å². The average molecular weight is 416 g/mol. The Balaban J connectivity index is 1.66. The van der Waals surface area contributed by atoms with E-state index in [1.807, 2.05) is 35.3 Å². The number of methoxy groups -OCH3 is 2. The summed E-state index contributed by atoms with van der Waals surface area (Å²) in [6.45, 7) is 2.08. The second kappa shape index (κ2) is 8.68. The molecule has 2 fully saturated rings. The molecule has 3 atom stereocenters. The zero-order chi connectivity index (χ0) is 21.3. The molecule has 1 aromatic rings. The van der Waals surface area contributed by atoms with Gasteiger partial charge in [-0.2, -0.15) is 5.10 Å². The molecule has 0 spiro atoms. The molecule has 1 N–H and O–H groups in total. The maximum atomic E-state index is 13.3. The van der Waals surface area contributed by atoms with Gasteiger partial charge in [0.25, 0.3) is 5.91 Å². The van der Waals surface area contributed by atoms with Crippen molar-refractivity contribution in [3.8, 4) is 0 Å². The summed E-state index contributed by atoms with van der Waals surface area (Å²) in [5, 5.41) is 10.2. The molecule has 3 heterocycles. The zero-order valence-corrected chi connectivity index (χ0v) is 17.5. The number of rotatable bonds is 7. The highest BCUT2D eigenvalue weighted by molar-refractivity contribution is 6.04. The predicted molar refractivity (Wildman–Crippen MR) is 110 cm³/mol. The first-order chi connectivity index (χ1) is 14.6. The van der Waals surface area contributed by atoms with E-state index < -0.39 is 12.2 Å². The molecule has 2 saturated heterocycles. The standard InChI is InChI=1S/C20H28N6O4/c1-23-17-16(18(27)24(20(23)28)9-11-29-2)25-13-15(14-7-5-4-6-8-14)22-26(10-12-30-3)19(25)21-17/h4-8,16-17,19,21H,9-13H2,1-3H3. The van der Waals surface area contributed by atoms with E-state index in [0.717, 1.165) is 11.3 Å². The van der Waals surface area contributed by atoms with Crippen molar-refractivity contribution in [1.29, 1.82) is 0 Å². The van der Waals surface area contributed by atoms with Crippen LogP contribution in [0.15, 0.2) is 35.4 Å². The van der Waals surface area contributed by atoms with Crippen LogP contribution in [0.4, 0.5) is 4.79 Å². The summed E-state index contributed by atoms with van der Waals surface area (Å²) in [7, 11) is 4.92. The maximum Gasteiger partial charge on any atom is 0.327 e. The van der Waals surface area contributed by atoms with Crippen molar-refractivity contribution in [1.82, 2.24) is 25.0 Å². The van der Waals surface area contributed by atoms with Crippen LogP contribution in [0.5, 0.6) is 0 Å². The first-order valence-corrected chi connectivity index (χ1v) is 10.0. The minimum atomic E-state index is -0.506. The Labute approximate surface area is 176 Å². The number of hydrogen-bond acceptors (Lipinski definition) is 8. The molecule has 162 valence electrons. The second-order valence-corrected chi connectivity index (χ2v) is 7.55. The van der Waals surface area contributed by atoms with Crippen molar-refractivity contribution in [2.24, 2.45) is 5.10 Å². The van der Waals surface area contributed by atoms with E-state index in [2.05, 4.69) is 10.2 Å². The number of fused-ring (bicyclic) bond motifs is 3. The predicted octanol–water partition coefficient (Wildman–Crippen LogP) is -0.223. The molecule has 0 bridgehead atoms. The summed E-state index contributed by atoms with van der Waals surface area (Å²) in [4.78, 5) is 31.1. The van der Waals surface area contributed by atoms with Gasteiger partial charge < -0.3 is 14.4 Å². The van der Waals surface area contributed by atoms with Crippen LogP contribution in [0.25, 0.3) is 0 Å². The lowest BCUT2D eigenvalue weighted by molar-refractivity contribution is -0.139. The Morgan fingerprint density at radius 1 is 1.10 bits per heavy atom. The Morgan fingerprint density at radius 2 is 1.80 bits per heavy atom. The minimum Gasteiger partial charge on any atom is -0.383 e. The van der Waals surface area contributed by atoms with Crippen LogP contribution < -0.4 is 5.32 Å². The minimum absolute atomic E-state index is 0.212. The number of hydrogen-bond donors (Lipinski definition) is 1. The van der Waals surface area contributed by atoms with Crippen molar-refractivity contribution in [3.63, 3.8) is 0 Å². The van der Waals surface area contributed by atoms with Gasteiger partial charge in [-0.15, -0.1) is 0 Å². The van der Waals surface area contributed by atoms with Crippen molar-refractivity contribution >= 4 is 17.6 Å². The number of hydrazone groups is 1. The van der Waals surface area contributed by atoms with Gasteiger partial charge in [-0.25, -0.2) is 9.69 Å². The lowest BCUT2D eigenvalue weighted by Gasteiger charge is -2.42. The molecule has 10 nitrogen and oxygen atoms in total. The number of likely N-dealkylation sites (N-methyl/N-ethyl adjacent to an activating group) is 1. The van der Waals surface area contributed by atoms with Crippen LogP contribution in [0.3, 0.4) is 0 Å². The van der Waals surface area contributed by atoms with Crippen molar-refractivity contribution in [2.75, 3.05) is 54.1 Å². The van der Waals surface area contributed by atoms with Gasteiger partial charge in [0.05, 0.1) is 32.0 Å². The number of nitrogens with zero attached hydrogens (tertiary/aromatic N) is 5. The Morgan fingerprint density at radius 3 is 2.50 bits per heavy atom. The highest BCUT2D eigenvalue weighted by Gasteiger charge is 2.56. The Kier molecular flexibility index (Phi) is 6.00.